The molecule has 0 aliphatic carbocycles. The molecular weight excluding hydrogens is 330 g/mol. The largest absolute Gasteiger partial charge is 0.493 e. The Morgan fingerprint density at radius 2 is 1.65 bits per heavy atom. The highest BCUT2D eigenvalue weighted by Gasteiger charge is 2.21. The fourth-order valence-electron chi connectivity index (χ4n) is 3.44. The maximum Gasteiger partial charge on any atom is 0.227 e. The topological polar surface area (TPSA) is 48.0 Å². The second-order valence-corrected chi connectivity index (χ2v) is 6.40. The molecule has 138 valence electrons. The van der Waals surface area contributed by atoms with E-state index in [1.54, 1.807) is 21.3 Å². The average Bonchev–Trinajstić information content (AvgIpc) is 2.89. The number of hydrogen-bond donors (Lipinski definition) is 0. The molecule has 5 nitrogen and oxygen atoms in total. The van der Waals surface area contributed by atoms with Gasteiger partial charge in [-0.05, 0) is 41.7 Å². The lowest BCUT2D eigenvalue weighted by Gasteiger charge is -2.21. The zero-order valence-corrected chi connectivity index (χ0v) is 15.6. The standard InChI is InChI=1S/C21H25NO4/c1-24-18-11-15(12-19(25-2)21(18)26-3)13-20(23)22-10-6-9-16-7-4-5-8-17(16)14-22/h4-5,7-8,11-12H,6,9-10,13-14H2,1-3H3. The van der Waals surface area contributed by atoms with Crippen molar-refractivity contribution in [3.63, 3.8) is 0 Å². The van der Waals surface area contributed by atoms with Gasteiger partial charge in [0.15, 0.2) is 11.5 Å². The highest BCUT2D eigenvalue weighted by Crippen LogP contribution is 2.38. The highest BCUT2D eigenvalue weighted by molar-refractivity contribution is 5.79. The van der Waals surface area contributed by atoms with Crippen LogP contribution in [0.4, 0.5) is 0 Å². The van der Waals surface area contributed by atoms with Gasteiger partial charge in [-0.1, -0.05) is 24.3 Å². The van der Waals surface area contributed by atoms with Gasteiger partial charge in [0.25, 0.3) is 0 Å². The molecule has 2 aromatic rings. The minimum absolute atomic E-state index is 0.107. The van der Waals surface area contributed by atoms with Crippen LogP contribution in [0.25, 0.3) is 0 Å². The number of hydrogen-bond acceptors (Lipinski definition) is 4. The second-order valence-electron chi connectivity index (χ2n) is 6.40. The van der Waals surface area contributed by atoms with Crippen LogP contribution in [0.5, 0.6) is 17.2 Å². The monoisotopic (exact) mass is 355 g/mol. The first kappa shape index (κ1) is 18.1. The lowest BCUT2D eigenvalue weighted by Crippen LogP contribution is -2.32. The van der Waals surface area contributed by atoms with Crippen molar-refractivity contribution >= 4 is 5.91 Å². The van der Waals surface area contributed by atoms with Gasteiger partial charge < -0.3 is 19.1 Å². The Morgan fingerprint density at radius 1 is 1.00 bits per heavy atom. The third-order valence-electron chi connectivity index (χ3n) is 4.79. The Hall–Kier alpha value is -2.69. The van der Waals surface area contributed by atoms with E-state index in [-0.39, 0.29) is 5.91 Å². The lowest BCUT2D eigenvalue weighted by molar-refractivity contribution is -0.131. The van der Waals surface area contributed by atoms with Gasteiger partial charge in [0.1, 0.15) is 0 Å². The Balaban J connectivity index is 1.79. The van der Waals surface area contributed by atoms with Gasteiger partial charge in [0.05, 0.1) is 27.8 Å². The number of fused-ring (bicyclic) bond motifs is 1. The number of methoxy groups -OCH3 is 3. The number of carbonyl (C=O) groups is 1. The number of rotatable bonds is 5. The first-order valence-electron chi connectivity index (χ1n) is 8.79. The summed E-state index contributed by atoms with van der Waals surface area (Å²) in [5.74, 6) is 1.78. The maximum atomic E-state index is 12.9. The molecule has 0 saturated carbocycles. The summed E-state index contributed by atoms with van der Waals surface area (Å²) < 4.78 is 16.1. The van der Waals surface area contributed by atoms with Gasteiger partial charge in [0, 0.05) is 13.1 Å². The Bertz CT molecular complexity index is 762. The van der Waals surface area contributed by atoms with Gasteiger partial charge in [0.2, 0.25) is 11.7 Å². The number of amides is 1. The number of nitrogens with zero attached hydrogens (tertiary/aromatic N) is 1. The summed E-state index contributed by atoms with van der Waals surface area (Å²) in [7, 11) is 4.73. The van der Waals surface area contributed by atoms with Crippen LogP contribution in [0.2, 0.25) is 0 Å². The van der Waals surface area contributed by atoms with E-state index in [1.807, 2.05) is 23.1 Å². The first-order valence-corrected chi connectivity index (χ1v) is 8.79. The molecule has 0 spiro atoms. The molecule has 0 unspecified atom stereocenters. The van der Waals surface area contributed by atoms with Crippen LogP contribution in [-0.4, -0.2) is 38.7 Å². The van der Waals surface area contributed by atoms with Crippen LogP contribution < -0.4 is 14.2 Å². The highest BCUT2D eigenvalue weighted by atomic mass is 16.5. The number of aryl methyl sites for hydroxylation is 1. The summed E-state index contributed by atoms with van der Waals surface area (Å²) in [5, 5.41) is 0. The van der Waals surface area contributed by atoms with E-state index < -0.39 is 0 Å². The molecular formula is C21H25NO4. The summed E-state index contributed by atoms with van der Waals surface area (Å²) >= 11 is 0. The molecule has 0 aromatic heterocycles. The van der Waals surface area contributed by atoms with Crippen molar-refractivity contribution in [2.75, 3.05) is 27.9 Å². The fourth-order valence-corrected chi connectivity index (χ4v) is 3.44. The van der Waals surface area contributed by atoms with Crippen LogP contribution in [0, 0.1) is 0 Å². The van der Waals surface area contributed by atoms with Gasteiger partial charge >= 0.3 is 0 Å². The van der Waals surface area contributed by atoms with Crippen molar-refractivity contribution in [3.05, 3.63) is 53.1 Å². The van der Waals surface area contributed by atoms with E-state index in [0.29, 0.717) is 30.2 Å². The molecule has 1 heterocycles. The van der Waals surface area contributed by atoms with Gasteiger partial charge in [-0.25, -0.2) is 0 Å². The van der Waals surface area contributed by atoms with Crippen molar-refractivity contribution in [1.82, 2.24) is 4.90 Å². The molecule has 26 heavy (non-hydrogen) atoms. The molecule has 0 saturated heterocycles. The summed E-state index contributed by atoms with van der Waals surface area (Å²) in [6.45, 7) is 1.44. The molecule has 1 aliphatic heterocycles. The molecule has 3 rings (SSSR count). The summed E-state index contributed by atoms with van der Waals surface area (Å²) in [6.07, 6.45) is 2.31. The third-order valence-corrected chi connectivity index (χ3v) is 4.79. The van der Waals surface area contributed by atoms with Crippen LogP contribution in [-0.2, 0) is 24.2 Å². The van der Waals surface area contributed by atoms with Crippen LogP contribution in [0.3, 0.4) is 0 Å². The second kappa shape index (κ2) is 8.13. The zero-order valence-electron chi connectivity index (χ0n) is 15.6. The molecule has 0 N–H and O–H groups in total. The van der Waals surface area contributed by atoms with E-state index in [1.165, 1.54) is 11.1 Å². The molecule has 1 amide bonds. The van der Waals surface area contributed by atoms with E-state index in [9.17, 15) is 4.79 Å². The molecule has 0 fully saturated rings. The van der Waals surface area contributed by atoms with Crippen LogP contribution >= 0.6 is 0 Å². The van der Waals surface area contributed by atoms with Crippen molar-refractivity contribution < 1.29 is 19.0 Å². The first-order chi connectivity index (χ1) is 12.7. The lowest BCUT2D eigenvalue weighted by atomic mass is 10.0. The minimum atomic E-state index is 0.107. The Kier molecular flexibility index (Phi) is 5.66. The van der Waals surface area contributed by atoms with Crippen molar-refractivity contribution in [2.24, 2.45) is 0 Å². The minimum Gasteiger partial charge on any atom is -0.493 e. The van der Waals surface area contributed by atoms with Gasteiger partial charge in [-0.2, -0.15) is 0 Å². The molecule has 0 radical (unpaired) electrons. The fraction of sp³-hybridized carbons (Fsp3) is 0.381. The summed E-state index contributed by atoms with van der Waals surface area (Å²) in [5.41, 5.74) is 3.43. The van der Waals surface area contributed by atoms with E-state index in [4.69, 9.17) is 14.2 Å². The quantitative estimate of drug-likeness (QED) is 0.826. The number of carbonyl (C=O) groups excluding carboxylic acids is 1. The molecule has 2 aromatic carbocycles. The Morgan fingerprint density at radius 3 is 2.27 bits per heavy atom. The molecule has 0 atom stereocenters. The van der Waals surface area contributed by atoms with Crippen LogP contribution in [0.15, 0.2) is 36.4 Å². The molecule has 1 aliphatic rings. The third kappa shape index (κ3) is 3.77. The predicted molar refractivity (Wildman–Crippen MR) is 100.0 cm³/mol. The van der Waals surface area contributed by atoms with E-state index >= 15 is 0 Å². The van der Waals surface area contributed by atoms with Gasteiger partial charge in [-0.15, -0.1) is 0 Å². The average molecular weight is 355 g/mol. The summed E-state index contributed by atoms with van der Waals surface area (Å²) in [4.78, 5) is 14.8. The van der Waals surface area contributed by atoms with Crippen molar-refractivity contribution in [1.29, 1.82) is 0 Å². The smallest absolute Gasteiger partial charge is 0.227 e. The molecule has 5 heteroatoms. The van der Waals surface area contributed by atoms with E-state index in [0.717, 1.165) is 24.9 Å². The zero-order chi connectivity index (χ0) is 18.5. The van der Waals surface area contributed by atoms with Gasteiger partial charge in [-0.3, -0.25) is 4.79 Å². The van der Waals surface area contributed by atoms with Crippen molar-refractivity contribution in [2.45, 2.75) is 25.8 Å². The predicted octanol–water partition coefficient (Wildman–Crippen LogP) is 3.23. The SMILES string of the molecule is COc1cc(CC(=O)N2CCCc3ccccc3C2)cc(OC)c1OC. The van der Waals surface area contributed by atoms with Crippen LogP contribution in [0.1, 0.15) is 23.1 Å². The number of benzene rings is 2. The number of ether oxygens (including phenoxy) is 3. The summed E-state index contributed by atoms with van der Waals surface area (Å²) in [6, 6.07) is 12.0. The van der Waals surface area contributed by atoms with Crippen molar-refractivity contribution in [3.8, 4) is 17.2 Å². The maximum absolute atomic E-state index is 12.9. The normalized spacial score (nSPS) is 13.6. The Labute approximate surface area is 154 Å². The van der Waals surface area contributed by atoms with E-state index in [2.05, 4.69) is 18.2 Å². The molecule has 0 bridgehead atoms.